The molecule has 4 heteroatoms. The summed E-state index contributed by atoms with van der Waals surface area (Å²) in [6, 6.07) is 3.85. The Morgan fingerprint density at radius 1 is 1.33 bits per heavy atom. The third-order valence-corrected chi connectivity index (χ3v) is 2.78. The Hall–Kier alpha value is -1.71. The number of aromatic nitrogens is 2. The highest BCUT2D eigenvalue weighted by Crippen LogP contribution is 2.29. The van der Waals surface area contributed by atoms with E-state index in [1.165, 1.54) is 18.4 Å². The van der Waals surface area contributed by atoms with Crippen molar-refractivity contribution >= 4 is 5.82 Å². The van der Waals surface area contributed by atoms with Gasteiger partial charge in [-0.2, -0.15) is 5.10 Å². The summed E-state index contributed by atoms with van der Waals surface area (Å²) in [5, 5.41) is 10.6. The van der Waals surface area contributed by atoms with Crippen molar-refractivity contribution in [1.82, 2.24) is 10.2 Å². The van der Waals surface area contributed by atoms with Gasteiger partial charge in [0.15, 0.2) is 11.6 Å². The first kappa shape index (κ1) is 8.59. The van der Waals surface area contributed by atoms with Crippen LogP contribution in [-0.4, -0.2) is 16.7 Å². The van der Waals surface area contributed by atoms with Crippen LogP contribution in [0.15, 0.2) is 22.8 Å². The predicted molar refractivity (Wildman–Crippen MR) is 57.7 cm³/mol. The smallest absolute Gasteiger partial charge is 0.152 e. The first-order chi connectivity index (χ1) is 7.45. The minimum absolute atomic E-state index is 0.868. The van der Waals surface area contributed by atoms with Crippen molar-refractivity contribution < 1.29 is 4.42 Å². The largest absolute Gasteiger partial charge is 0.463 e. The lowest BCUT2D eigenvalue weighted by atomic mass is 10.1. The molecule has 78 valence electrons. The molecule has 1 aliphatic heterocycles. The second-order valence-corrected chi connectivity index (χ2v) is 3.79. The van der Waals surface area contributed by atoms with Gasteiger partial charge in [0.1, 0.15) is 5.69 Å². The van der Waals surface area contributed by atoms with E-state index in [0.29, 0.717) is 0 Å². The quantitative estimate of drug-likeness (QED) is 0.748. The fourth-order valence-electron chi connectivity index (χ4n) is 2.01. The molecule has 0 radical (unpaired) electrons. The predicted octanol–water partition coefficient (Wildman–Crippen LogP) is 2.42. The van der Waals surface area contributed by atoms with Crippen molar-refractivity contribution in [3.05, 3.63) is 24.0 Å². The summed E-state index contributed by atoms with van der Waals surface area (Å²) in [6.45, 7) is 1.01. The highest BCUT2D eigenvalue weighted by Gasteiger charge is 2.17. The lowest BCUT2D eigenvalue weighted by Gasteiger charge is -1.99. The topological polar surface area (TPSA) is 53.9 Å². The van der Waals surface area contributed by atoms with E-state index in [4.69, 9.17) is 4.42 Å². The van der Waals surface area contributed by atoms with E-state index < -0.39 is 0 Å². The lowest BCUT2D eigenvalue weighted by Crippen LogP contribution is -1.99. The van der Waals surface area contributed by atoms with Crippen molar-refractivity contribution in [2.45, 2.75) is 19.3 Å². The maximum Gasteiger partial charge on any atom is 0.152 e. The Labute approximate surface area is 87.7 Å². The Balaban J connectivity index is 2.06. The van der Waals surface area contributed by atoms with Crippen LogP contribution in [0, 0.1) is 0 Å². The van der Waals surface area contributed by atoms with E-state index in [1.807, 2.05) is 12.1 Å². The number of hydrogen-bond donors (Lipinski definition) is 2. The molecule has 2 aromatic heterocycles. The van der Waals surface area contributed by atoms with E-state index >= 15 is 0 Å². The minimum Gasteiger partial charge on any atom is -0.463 e. The van der Waals surface area contributed by atoms with Crippen LogP contribution in [-0.2, 0) is 6.42 Å². The molecule has 0 spiro atoms. The summed E-state index contributed by atoms with van der Waals surface area (Å²) in [6.07, 6.45) is 5.16. The number of furan rings is 1. The molecule has 0 fully saturated rings. The molecule has 0 atom stereocenters. The molecule has 3 heterocycles. The number of H-pyrrole nitrogens is 1. The minimum atomic E-state index is 0.868. The number of nitrogens with zero attached hydrogens (tertiary/aromatic N) is 1. The SMILES string of the molecule is c1coc(-c2[nH]nc3c2CCCCN3)c1. The summed E-state index contributed by atoms with van der Waals surface area (Å²) in [7, 11) is 0. The van der Waals surface area contributed by atoms with E-state index in [-0.39, 0.29) is 0 Å². The van der Waals surface area contributed by atoms with Crippen molar-refractivity contribution in [1.29, 1.82) is 0 Å². The zero-order valence-corrected chi connectivity index (χ0v) is 8.42. The van der Waals surface area contributed by atoms with Gasteiger partial charge in [0, 0.05) is 12.1 Å². The standard InChI is InChI=1S/C11H13N3O/c1-2-6-12-11-8(4-1)10(13-14-11)9-5-3-7-15-9/h3,5,7H,1-2,4,6H2,(H2,12,13,14). The summed E-state index contributed by atoms with van der Waals surface area (Å²) in [5.74, 6) is 1.85. The highest BCUT2D eigenvalue weighted by molar-refractivity contribution is 5.65. The Morgan fingerprint density at radius 3 is 3.20 bits per heavy atom. The lowest BCUT2D eigenvalue weighted by molar-refractivity contribution is 0.578. The van der Waals surface area contributed by atoms with Crippen molar-refractivity contribution in [3.63, 3.8) is 0 Å². The van der Waals surface area contributed by atoms with Gasteiger partial charge in [-0.1, -0.05) is 0 Å². The molecule has 15 heavy (non-hydrogen) atoms. The van der Waals surface area contributed by atoms with Gasteiger partial charge >= 0.3 is 0 Å². The zero-order chi connectivity index (χ0) is 10.1. The van der Waals surface area contributed by atoms with Crippen LogP contribution in [0.3, 0.4) is 0 Å². The fourth-order valence-corrected chi connectivity index (χ4v) is 2.01. The van der Waals surface area contributed by atoms with Crippen LogP contribution in [0.5, 0.6) is 0 Å². The summed E-state index contributed by atoms with van der Waals surface area (Å²) in [5.41, 5.74) is 2.27. The number of nitrogens with one attached hydrogen (secondary N) is 2. The Bertz CT molecular complexity index is 444. The van der Waals surface area contributed by atoms with Gasteiger partial charge in [0.25, 0.3) is 0 Å². The molecule has 2 aromatic rings. The summed E-state index contributed by atoms with van der Waals surface area (Å²) < 4.78 is 5.39. The van der Waals surface area contributed by atoms with E-state index in [2.05, 4.69) is 15.5 Å². The maximum absolute atomic E-state index is 5.39. The number of rotatable bonds is 1. The van der Waals surface area contributed by atoms with Gasteiger partial charge in [0.2, 0.25) is 0 Å². The summed E-state index contributed by atoms with van der Waals surface area (Å²) >= 11 is 0. The second kappa shape index (κ2) is 3.46. The van der Waals surface area contributed by atoms with Gasteiger partial charge in [-0.3, -0.25) is 5.10 Å². The van der Waals surface area contributed by atoms with Crippen molar-refractivity contribution in [2.75, 3.05) is 11.9 Å². The van der Waals surface area contributed by atoms with E-state index in [1.54, 1.807) is 6.26 Å². The molecule has 0 aliphatic carbocycles. The molecule has 3 rings (SSSR count). The average Bonchev–Trinajstić information content (AvgIpc) is 2.83. The van der Waals surface area contributed by atoms with E-state index in [9.17, 15) is 0 Å². The zero-order valence-electron chi connectivity index (χ0n) is 8.42. The third kappa shape index (κ3) is 1.42. The van der Waals surface area contributed by atoms with Gasteiger partial charge in [-0.05, 0) is 31.4 Å². The molecule has 1 aliphatic rings. The van der Waals surface area contributed by atoms with Gasteiger partial charge < -0.3 is 9.73 Å². The number of anilines is 1. The molecule has 0 aromatic carbocycles. The molecular formula is C11H13N3O. The molecule has 0 amide bonds. The van der Waals surface area contributed by atoms with Crippen LogP contribution in [0.4, 0.5) is 5.82 Å². The van der Waals surface area contributed by atoms with Crippen LogP contribution >= 0.6 is 0 Å². The highest BCUT2D eigenvalue weighted by atomic mass is 16.3. The normalized spacial score (nSPS) is 15.5. The fraction of sp³-hybridized carbons (Fsp3) is 0.364. The van der Waals surface area contributed by atoms with Crippen molar-refractivity contribution in [2.24, 2.45) is 0 Å². The molecule has 4 nitrogen and oxygen atoms in total. The maximum atomic E-state index is 5.39. The number of fused-ring (bicyclic) bond motifs is 1. The van der Waals surface area contributed by atoms with Gasteiger partial charge in [-0.25, -0.2) is 0 Å². The third-order valence-electron chi connectivity index (χ3n) is 2.78. The number of aromatic amines is 1. The molecule has 0 saturated heterocycles. The van der Waals surface area contributed by atoms with Crippen molar-refractivity contribution in [3.8, 4) is 11.5 Å². The average molecular weight is 203 g/mol. The second-order valence-electron chi connectivity index (χ2n) is 3.79. The Morgan fingerprint density at radius 2 is 2.33 bits per heavy atom. The number of hydrogen-bond acceptors (Lipinski definition) is 3. The first-order valence-electron chi connectivity index (χ1n) is 5.30. The van der Waals surface area contributed by atoms with Crippen LogP contribution in [0.25, 0.3) is 11.5 Å². The molecular weight excluding hydrogens is 190 g/mol. The van der Waals surface area contributed by atoms with Crippen LogP contribution in [0.1, 0.15) is 18.4 Å². The monoisotopic (exact) mass is 203 g/mol. The molecule has 0 bridgehead atoms. The van der Waals surface area contributed by atoms with E-state index in [0.717, 1.165) is 30.2 Å². The van der Waals surface area contributed by atoms with Crippen LogP contribution in [0.2, 0.25) is 0 Å². The molecule has 0 saturated carbocycles. The van der Waals surface area contributed by atoms with Gasteiger partial charge in [-0.15, -0.1) is 0 Å². The molecule has 2 N–H and O–H groups in total. The van der Waals surface area contributed by atoms with Crippen LogP contribution < -0.4 is 5.32 Å². The molecule has 0 unspecified atom stereocenters. The Kier molecular flexibility index (Phi) is 1.98. The summed E-state index contributed by atoms with van der Waals surface area (Å²) in [4.78, 5) is 0. The first-order valence-corrected chi connectivity index (χ1v) is 5.30. The van der Waals surface area contributed by atoms with Gasteiger partial charge in [0.05, 0.1) is 6.26 Å².